The lowest BCUT2D eigenvalue weighted by molar-refractivity contribution is -0.119. The lowest BCUT2D eigenvalue weighted by atomic mass is 9.93. The van der Waals surface area contributed by atoms with Crippen molar-refractivity contribution in [2.75, 3.05) is 13.2 Å². The number of nitrogens with two attached hydrogens (primary N) is 1. The maximum atomic E-state index is 15.2. The Balaban J connectivity index is 1.34. The first-order chi connectivity index (χ1) is 22.5. The van der Waals surface area contributed by atoms with Crippen molar-refractivity contribution in [3.05, 3.63) is 109 Å². The van der Waals surface area contributed by atoms with Crippen LogP contribution in [-0.2, 0) is 17.9 Å². The number of halogens is 3. The van der Waals surface area contributed by atoms with Crippen molar-refractivity contribution >= 4 is 45.1 Å². The summed E-state index contributed by atoms with van der Waals surface area (Å²) in [4.78, 5) is 54.3. The topological polar surface area (TPSA) is 126 Å². The van der Waals surface area contributed by atoms with E-state index in [4.69, 9.17) is 26.8 Å². The maximum Gasteiger partial charge on any atom is 0.333 e. The molecule has 1 aliphatic carbocycles. The highest BCUT2D eigenvalue weighted by Gasteiger charge is 2.33. The van der Waals surface area contributed by atoms with E-state index >= 15 is 4.39 Å². The summed E-state index contributed by atoms with van der Waals surface area (Å²) < 4.78 is 29.8. The number of imidazole rings is 1. The minimum atomic E-state index is -0.693. The molecule has 3 aromatic carbocycles. The zero-order chi connectivity index (χ0) is 33.4. The number of hydrogen-bond donors (Lipinski definition) is 1. The molecule has 0 saturated heterocycles. The molecule has 2 aliphatic rings. The molecule has 1 aromatic heterocycles. The Hall–Kier alpha value is -4.42. The molecule has 244 valence electrons. The number of ether oxygens (including phenoxy) is 2. The maximum absolute atomic E-state index is 15.2. The molecule has 6 rings (SSSR count). The molecule has 2 heterocycles. The summed E-state index contributed by atoms with van der Waals surface area (Å²) in [7, 11) is 0. The molecule has 1 saturated carbocycles. The Morgan fingerprint density at radius 3 is 2.43 bits per heavy atom. The van der Waals surface area contributed by atoms with E-state index in [9.17, 15) is 19.2 Å². The van der Waals surface area contributed by atoms with Gasteiger partial charge in [-0.2, -0.15) is 0 Å². The van der Waals surface area contributed by atoms with Crippen LogP contribution in [0.1, 0.15) is 64.2 Å². The van der Waals surface area contributed by atoms with Gasteiger partial charge in [0.25, 0.3) is 11.8 Å². The number of fused-ring (bicyclic) bond motifs is 1. The van der Waals surface area contributed by atoms with E-state index < -0.39 is 35.7 Å². The molecule has 0 unspecified atom stereocenters. The van der Waals surface area contributed by atoms with Crippen LogP contribution in [0.2, 0.25) is 5.02 Å². The summed E-state index contributed by atoms with van der Waals surface area (Å²) in [5.41, 5.74) is 6.33. The summed E-state index contributed by atoms with van der Waals surface area (Å²) in [6.45, 7) is 1.75. The second-order valence-electron chi connectivity index (χ2n) is 11.7. The SMILES string of the molecule is C[C@H](CC(=O)c1c2n(c(=O)n1-c1ccc(OC3CC3)cc1)CCN(C(=O)c1ccc(Br)c(Cl)c1)C2)c1ccc(OCC(N)=O)cc1F. The molecular weight excluding hydrogens is 695 g/mol. The van der Waals surface area contributed by atoms with Gasteiger partial charge >= 0.3 is 5.69 Å². The third-order valence-electron chi connectivity index (χ3n) is 8.19. The van der Waals surface area contributed by atoms with Crippen LogP contribution in [0, 0.1) is 5.82 Å². The molecular formula is C34H31BrClFN4O6. The minimum absolute atomic E-state index is 0.00729. The highest BCUT2D eigenvalue weighted by molar-refractivity contribution is 9.10. The lowest BCUT2D eigenvalue weighted by Gasteiger charge is -2.28. The fourth-order valence-corrected chi connectivity index (χ4v) is 6.09. The zero-order valence-electron chi connectivity index (χ0n) is 25.4. The first-order valence-electron chi connectivity index (χ1n) is 15.1. The van der Waals surface area contributed by atoms with Gasteiger partial charge in [-0.25, -0.2) is 9.18 Å². The number of rotatable bonds is 11. The predicted molar refractivity (Wildman–Crippen MR) is 176 cm³/mol. The van der Waals surface area contributed by atoms with Crippen LogP contribution in [0.25, 0.3) is 5.69 Å². The van der Waals surface area contributed by atoms with Crippen LogP contribution < -0.4 is 20.9 Å². The Morgan fingerprint density at radius 2 is 1.77 bits per heavy atom. The third kappa shape index (κ3) is 6.98. The molecule has 13 heteroatoms. The van der Waals surface area contributed by atoms with Gasteiger partial charge in [0.1, 0.15) is 23.0 Å². The molecule has 1 aliphatic heterocycles. The number of carbonyl (C=O) groups is 3. The van der Waals surface area contributed by atoms with Gasteiger partial charge in [0.2, 0.25) is 0 Å². The number of ketones is 1. The molecule has 4 aromatic rings. The van der Waals surface area contributed by atoms with Gasteiger partial charge in [-0.3, -0.25) is 23.5 Å². The zero-order valence-corrected chi connectivity index (χ0v) is 27.7. The molecule has 0 radical (unpaired) electrons. The summed E-state index contributed by atoms with van der Waals surface area (Å²) in [5, 5.41) is 0.384. The summed E-state index contributed by atoms with van der Waals surface area (Å²) in [6, 6.07) is 16.0. The van der Waals surface area contributed by atoms with Crippen LogP contribution in [0.3, 0.4) is 0 Å². The van der Waals surface area contributed by atoms with Gasteiger partial charge in [-0.1, -0.05) is 24.6 Å². The van der Waals surface area contributed by atoms with Crippen molar-refractivity contribution in [1.29, 1.82) is 0 Å². The summed E-state index contributed by atoms with van der Waals surface area (Å²) in [6.07, 6.45) is 2.05. The minimum Gasteiger partial charge on any atom is -0.490 e. The quantitative estimate of drug-likeness (QED) is 0.200. The molecule has 1 atom stereocenters. The van der Waals surface area contributed by atoms with Crippen LogP contribution in [0.15, 0.2) is 69.9 Å². The average Bonchev–Trinajstić information content (AvgIpc) is 3.82. The molecule has 0 spiro atoms. The van der Waals surface area contributed by atoms with Crippen molar-refractivity contribution < 1.29 is 28.2 Å². The predicted octanol–water partition coefficient (Wildman–Crippen LogP) is 5.63. The summed E-state index contributed by atoms with van der Waals surface area (Å²) in [5.74, 6) is -1.78. The number of aromatic nitrogens is 2. The van der Waals surface area contributed by atoms with Gasteiger partial charge in [-0.15, -0.1) is 0 Å². The Bertz CT molecular complexity index is 1940. The number of Topliss-reactive ketones (excluding diaryl/α,β-unsaturated/α-hetero) is 1. The molecule has 10 nitrogen and oxygen atoms in total. The average molecular weight is 726 g/mol. The van der Waals surface area contributed by atoms with Crippen molar-refractivity contribution in [3.8, 4) is 17.2 Å². The number of nitrogens with zero attached hydrogens (tertiary/aromatic N) is 3. The Kier molecular flexibility index (Phi) is 9.25. The number of carbonyl (C=O) groups excluding carboxylic acids is 3. The number of hydrogen-bond acceptors (Lipinski definition) is 6. The molecule has 0 bridgehead atoms. The second kappa shape index (κ2) is 13.4. The van der Waals surface area contributed by atoms with Crippen molar-refractivity contribution in [3.63, 3.8) is 0 Å². The van der Waals surface area contributed by atoms with E-state index in [2.05, 4.69) is 15.9 Å². The monoisotopic (exact) mass is 724 g/mol. The second-order valence-corrected chi connectivity index (χ2v) is 13.0. The highest BCUT2D eigenvalue weighted by atomic mass is 79.9. The van der Waals surface area contributed by atoms with E-state index in [1.807, 2.05) is 0 Å². The standard InChI is InChI=1S/C34H31BrClFN4O6/c1-19(25-10-9-24(16-28(25)37)46-18-31(38)43)14-30(42)32-29-17-39(33(44)20-2-11-26(35)27(36)15-20)12-13-40(29)34(45)41(32)21-3-5-22(6-4-21)47-23-7-8-23/h2-6,9-11,15-16,19,23H,7-8,12-14,17-18H2,1H3,(H2,38,43)/t19-/m1/s1. The highest BCUT2D eigenvalue weighted by Crippen LogP contribution is 2.31. The number of benzene rings is 3. The fraction of sp³-hybridized carbons (Fsp3) is 0.294. The molecule has 1 fully saturated rings. The molecule has 47 heavy (non-hydrogen) atoms. The first kappa shape index (κ1) is 32.5. The smallest absolute Gasteiger partial charge is 0.333 e. The van der Waals surface area contributed by atoms with Gasteiger partial charge in [0, 0.05) is 35.6 Å². The van der Waals surface area contributed by atoms with E-state index in [1.165, 1.54) is 21.3 Å². The normalized spacial score (nSPS) is 14.8. The van der Waals surface area contributed by atoms with Gasteiger partial charge in [-0.05, 0) is 88.8 Å². The van der Waals surface area contributed by atoms with Gasteiger partial charge in [0.15, 0.2) is 12.4 Å². The third-order valence-corrected chi connectivity index (χ3v) is 9.43. The molecule has 2 amide bonds. The van der Waals surface area contributed by atoms with Gasteiger partial charge in [0.05, 0.1) is 29.1 Å². The van der Waals surface area contributed by atoms with Crippen LogP contribution in [-0.4, -0.2) is 50.9 Å². The van der Waals surface area contributed by atoms with Gasteiger partial charge < -0.3 is 20.1 Å². The van der Waals surface area contributed by atoms with Crippen molar-refractivity contribution in [1.82, 2.24) is 14.0 Å². The van der Waals surface area contributed by atoms with Crippen LogP contribution in [0.4, 0.5) is 4.39 Å². The van der Waals surface area contributed by atoms with E-state index in [1.54, 1.807) is 54.3 Å². The van der Waals surface area contributed by atoms with E-state index in [0.717, 1.165) is 18.9 Å². The first-order valence-corrected chi connectivity index (χ1v) is 16.3. The number of primary amides is 1. The van der Waals surface area contributed by atoms with Crippen LogP contribution in [0.5, 0.6) is 11.5 Å². The summed E-state index contributed by atoms with van der Waals surface area (Å²) >= 11 is 9.59. The van der Waals surface area contributed by atoms with Crippen molar-refractivity contribution in [2.24, 2.45) is 5.73 Å². The fourth-order valence-electron chi connectivity index (χ4n) is 5.66. The largest absolute Gasteiger partial charge is 0.490 e. The Morgan fingerprint density at radius 1 is 1.04 bits per heavy atom. The van der Waals surface area contributed by atoms with Crippen molar-refractivity contribution in [2.45, 2.75) is 51.3 Å². The lowest BCUT2D eigenvalue weighted by Crippen LogP contribution is -2.41. The number of amides is 2. The van der Waals surface area contributed by atoms with E-state index in [0.29, 0.717) is 32.2 Å². The molecule has 2 N–H and O–H groups in total. The van der Waals surface area contributed by atoms with Crippen LogP contribution >= 0.6 is 27.5 Å². The Labute approximate surface area is 282 Å². The van der Waals surface area contributed by atoms with E-state index in [-0.39, 0.29) is 55.1 Å².